The van der Waals surface area contributed by atoms with E-state index in [1.54, 1.807) is 12.5 Å². The standard InChI is InChI=1S/C14H20N2OS/c1-3-12-4-5-14(18-12)13(8-15)16(2)9-11-6-7-17-10-11/h4-7,10,13H,3,8-9,15H2,1-2H3. The van der Waals surface area contributed by atoms with Crippen LogP contribution in [0, 0.1) is 0 Å². The molecule has 2 aromatic rings. The zero-order chi connectivity index (χ0) is 13.0. The maximum atomic E-state index is 5.93. The minimum Gasteiger partial charge on any atom is -0.472 e. The van der Waals surface area contributed by atoms with Crippen LogP contribution in [0.5, 0.6) is 0 Å². The van der Waals surface area contributed by atoms with Crippen molar-refractivity contribution in [1.29, 1.82) is 0 Å². The van der Waals surface area contributed by atoms with Gasteiger partial charge in [-0.15, -0.1) is 11.3 Å². The number of aryl methyl sites for hydroxylation is 1. The Kier molecular flexibility index (Phi) is 4.58. The first-order valence-corrected chi connectivity index (χ1v) is 7.06. The topological polar surface area (TPSA) is 42.4 Å². The smallest absolute Gasteiger partial charge is 0.0947 e. The summed E-state index contributed by atoms with van der Waals surface area (Å²) in [6.45, 7) is 3.68. The number of rotatable bonds is 6. The van der Waals surface area contributed by atoms with Crippen molar-refractivity contribution >= 4 is 11.3 Å². The lowest BCUT2D eigenvalue weighted by Crippen LogP contribution is -2.29. The van der Waals surface area contributed by atoms with Crippen molar-refractivity contribution in [3.05, 3.63) is 46.0 Å². The SMILES string of the molecule is CCc1ccc(C(CN)N(C)Cc2ccoc2)s1. The molecule has 98 valence electrons. The molecule has 0 aromatic carbocycles. The highest BCUT2D eigenvalue weighted by atomic mass is 32.1. The summed E-state index contributed by atoms with van der Waals surface area (Å²) in [6.07, 6.45) is 4.59. The molecule has 0 amide bonds. The molecule has 2 rings (SSSR count). The van der Waals surface area contributed by atoms with Gasteiger partial charge in [-0.25, -0.2) is 0 Å². The molecule has 2 heterocycles. The number of furan rings is 1. The Labute approximate surface area is 112 Å². The third-order valence-electron chi connectivity index (χ3n) is 3.13. The summed E-state index contributed by atoms with van der Waals surface area (Å²) >= 11 is 1.86. The highest BCUT2D eigenvalue weighted by Crippen LogP contribution is 2.27. The van der Waals surface area contributed by atoms with E-state index in [9.17, 15) is 0 Å². The first-order chi connectivity index (χ1) is 8.74. The van der Waals surface area contributed by atoms with Gasteiger partial charge in [-0.05, 0) is 31.7 Å². The number of nitrogens with zero attached hydrogens (tertiary/aromatic N) is 1. The first-order valence-electron chi connectivity index (χ1n) is 6.24. The van der Waals surface area contributed by atoms with Gasteiger partial charge in [0.2, 0.25) is 0 Å². The van der Waals surface area contributed by atoms with Gasteiger partial charge in [0.05, 0.1) is 18.6 Å². The summed E-state index contributed by atoms with van der Waals surface area (Å²) in [7, 11) is 2.11. The molecule has 18 heavy (non-hydrogen) atoms. The van der Waals surface area contributed by atoms with Crippen molar-refractivity contribution in [2.45, 2.75) is 25.9 Å². The summed E-state index contributed by atoms with van der Waals surface area (Å²) in [5, 5.41) is 0. The minimum absolute atomic E-state index is 0.283. The Bertz CT molecular complexity index is 464. The van der Waals surface area contributed by atoms with E-state index in [4.69, 9.17) is 10.2 Å². The van der Waals surface area contributed by atoms with Crippen LogP contribution in [0.3, 0.4) is 0 Å². The Morgan fingerprint density at radius 2 is 2.22 bits per heavy atom. The zero-order valence-electron chi connectivity index (χ0n) is 10.9. The van der Waals surface area contributed by atoms with Crippen LogP contribution in [0.15, 0.2) is 35.1 Å². The maximum absolute atomic E-state index is 5.93. The first kappa shape index (κ1) is 13.3. The number of thiophene rings is 1. The van der Waals surface area contributed by atoms with E-state index in [1.807, 2.05) is 17.4 Å². The van der Waals surface area contributed by atoms with Crippen molar-refractivity contribution in [2.75, 3.05) is 13.6 Å². The predicted molar refractivity (Wildman–Crippen MR) is 75.7 cm³/mol. The van der Waals surface area contributed by atoms with E-state index < -0.39 is 0 Å². The molecule has 0 aliphatic rings. The molecular formula is C14H20N2OS. The third-order valence-corrected chi connectivity index (χ3v) is 4.46. The van der Waals surface area contributed by atoms with E-state index in [-0.39, 0.29) is 6.04 Å². The fourth-order valence-electron chi connectivity index (χ4n) is 2.06. The molecule has 0 saturated heterocycles. The van der Waals surface area contributed by atoms with Gasteiger partial charge < -0.3 is 10.2 Å². The molecular weight excluding hydrogens is 244 g/mol. The molecule has 3 nitrogen and oxygen atoms in total. The molecule has 4 heteroatoms. The average molecular weight is 264 g/mol. The fraction of sp³-hybridized carbons (Fsp3) is 0.429. The molecule has 0 radical (unpaired) electrons. The number of nitrogens with two attached hydrogens (primary N) is 1. The van der Waals surface area contributed by atoms with Gasteiger partial charge in [-0.1, -0.05) is 6.92 Å². The Morgan fingerprint density at radius 1 is 1.39 bits per heavy atom. The minimum atomic E-state index is 0.283. The molecule has 2 aromatic heterocycles. The van der Waals surface area contributed by atoms with E-state index >= 15 is 0 Å². The maximum Gasteiger partial charge on any atom is 0.0947 e. The van der Waals surface area contributed by atoms with Crippen LogP contribution >= 0.6 is 11.3 Å². The van der Waals surface area contributed by atoms with Gasteiger partial charge in [0.25, 0.3) is 0 Å². The fourth-order valence-corrected chi connectivity index (χ4v) is 3.19. The van der Waals surface area contributed by atoms with E-state index in [2.05, 4.69) is 31.0 Å². The number of likely N-dealkylation sites (N-methyl/N-ethyl adjacent to an activating group) is 1. The molecule has 0 spiro atoms. The second-order valence-corrected chi connectivity index (χ2v) is 5.66. The Balaban J connectivity index is 2.07. The molecule has 0 aliphatic carbocycles. The van der Waals surface area contributed by atoms with E-state index in [0.29, 0.717) is 6.54 Å². The Morgan fingerprint density at radius 3 is 2.78 bits per heavy atom. The summed E-state index contributed by atoms with van der Waals surface area (Å²) < 4.78 is 5.10. The summed E-state index contributed by atoms with van der Waals surface area (Å²) in [5.74, 6) is 0. The molecule has 0 bridgehead atoms. The molecule has 1 unspecified atom stereocenters. The van der Waals surface area contributed by atoms with Crippen LogP contribution in [0.1, 0.15) is 28.3 Å². The molecule has 2 N–H and O–H groups in total. The van der Waals surface area contributed by atoms with Gasteiger partial charge in [0, 0.05) is 28.4 Å². The van der Waals surface area contributed by atoms with Crippen molar-refractivity contribution in [3.8, 4) is 0 Å². The van der Waals surface area contributed by atoms with Crippen molar-refractivity contribution in [1.82, 2.24) is 4.90 Å². The van der Waals surface area contributed by atoms with Gasteiger partial charge in [-0.3, -0.25) is 4.90 Å². The van der Waals surface area contributed by atoms with E-state index in [0.717, 1.165) is 13.0 Å². The largest absolute Gasteiger partial charge is 0.472 e. The second kappa shape index (κ2) is 6.18. The lowest BCUT2D eigenvalue weighted by molar-refractivity contribution is 0.244. The number of hydrogen-bond donors (Lipinski definition) is 1. The van der Waals surface area contributed by atoms with Crippen molar-refractivity contribution in [3.63, 3.8) is 0 Å². The van der Waals surface area contributed by atoms with Crippen LogP contribution in [-0.2, 0) is 13.0 Å². The quantitative estimate of drug-likeness (QED) is 0.872. The van der Waals surface area contributed by atoms with Gasteiger partial charge in [-0.2, -0.15) is 0 Å². The number of hydrogen-bond acceptors (Lipinski definition) is 4. The third kappa shape index (κ3) is 3.02. The van der Waals surface area contributed by atoms with Crippen molar-refractivity contribution < 1.29 is 4.42 Å². The second-order valence-electron chi connectivity index (χ2n) is 4.46. The van der Waals surface area contributed by atoms with E-state index in [1.165, 1.54) is 15.3 Å². The lowest BCUT2D eigenvalue weighted by atomic mass is 10.2. The van der Waals surface area contributed by atoms with Crippen LogP contribution in [0.2, 0.25) is 0 Å². The van der Waals surface area contributed by atoms with Gasteiger partial charge in [0.15, 0.2) is 0 Å². The van der Waals surface area contributed by atoms with Crippen LogP contribution < -0.4 is 5.73 Å². The van der Waals surface area contributed by atoms with Crippen LogP contribution in [-0.4, -0.2) is 18.5 Å². The highest BCUT2D eigenvalue weighted by molar-refractivity contribution is 7.12. The lowest BCUT2D eigenvalue weighted by Gasteiger charge is -2.25. The van der Waals surface area contributed by atoms with Crippen molar-refractivity contribution in [2.24, 2.45) is 5.73 Å². The predicted octanol–water partition coefficient (Wildman–Crippen LogP) is 3.04. The van der Waals surface area contributed by atoms with Gasteiger partial charge >= 0.3 is 0 Å². The van der Waals surface area contributed by atoms with Gasteiger partial charge in [0.1, 0.15) is 0 Å². The van der Waals surface area contributed by atoms with Crippen LogP contribution in [0.4, 0.5) is 0 Å². The molecule has 0 saturated carbocycles. The summed E-state index contributed by atoms with van der Waals surface area (Å²) in [6, 6.07) is 6.68. The molecule has 0 aliphatic heterocycles. The highest BCUT2D eigenvalue weighted by Gasteiger charge is 2.17. The molecule has 1 atom stereocenters. The monoisotopic (exact) mass is 264 g/mol. The summed E-state index contributed by atoms with van der Waals surface area (Å²) in [4.78, 5) is 5.04. The normalized spacial score (nSPS) is 13.1. The molecule has 0 fully saturated rings. The zero-order valence-corrected chi connectivity index (χ0v) is 11.7. The van der Waals surface area contributed by atoms with Crippen LogP contribution in [0.25, 0.3) is 0 Å². The summed E-state index contributed by atoms with van der Waals surface area (Å²) in [5.41, 5.74) is 7.11. The average Bonchev–Trinajstić information content (AvgIpc) is 3.01. The Hall–Kier alpha value is -1.10.